The maximum atomic E-state index is 12.2. The Labute approximate surface area is 139 Å². The first-order chi connectivity index (χ1) is 11.2. The van der Waals surface area contributed by atoms with Gasteiger partial charge in [0.05, 0.1) is 0 Å². The summed E-state index contributed by atoms with van der Waals surface area (Å²) in [7, 11) is 0. The average molecular weight is 310 g/mol. The molecule has 0 radical (unpaired) electrons. The number of hydrogen-bond acceptors (Lipinski definition) is 2. The Kier molecular flexibility index (Phi) is 6.21. The first kappa shape index (κ1) is 17.1. The van der Waals surface area contributed by atoms with Gasteiger partial charge in [0.15, 0.2) is 0 Å². The van der Waals surface area contributed by atoms with Crippen molar-refractivity contribution in [3.8, 4) is 0 Å². The largest absolute Gasteiger partial charge is 0.384 e. The summed E-state index contributed by atoms with van der Waals surface area (Å²) in [4.78, 5) is 12.2. The Morgan fingerprint density at radius 2 is 1.65 bits per heavy atom. The Morgan fingerprint density at radius 3 is 2.39 bits per heavy atom. The van der Waals surface area contributed by atoms with E-state index in [1.54, 1.807) is 0 Å². The van der Waals surface area contributed by atoms with Crippen molar-refractivity contribution in [1.29, 1.82) is 0 Å². The van der Waals surface area contributed by atoms with Crippen LogP contribution < -0.4 is 10.6 Å². The SMILES string of the molecule is CCc1ccccc1NCCC(=O)Nc1c(C)cccc1CC. The fourth-order valence-electron chi connectivity index (χ4n) is 2.72. The molecule has 23 heavy (non-hydrogen) atoms. The molecule has 3 nitrogen and oxygen atoms in total. The topological polar surface area (TPSA) is 41.1 Å². The van der Waals surface area contributed by atoms with Gasteiger partial charge in [0.1, 0.15) is 0 Å². The van der Waals surface area contributed by atoms with Gasteiger partial charge in [-0.3, -0.25) is 4.79 Å². The normalized spacial score (nSPS) is 10.4. The number of rotatable bonds is 7. The molecule has 2 aromatic carbocycles. The molecule has 0 atom stereocenters. The van der Waals surface area contributed by atoms with E-state index < -0.39 is 0 Å². The van der Waals surface area contributed by atoms with Gasteiger partial charge in [-0.2, -0.15) is 0 Å². The van der Waals surface area contributed by atoms with Gasteiger partial charge in [0, 0.05) is 24.3 Å². The van der Waals surface area contributed by atoms with E-state index in [-0.39, 0.29) is 5.91 Å². The number of nitrogens with one attached hydrogen (secondary N) is 2. The fraction of sp³-hybridized carbons (Fsp3) is 0.350. The van der Waals surface area contributed by atoms with Crippen LogP contribution in [0.4, 0.5) is 11.4 Å². The number of amides is 1. The lowest BCUT2D eigenvalue weighted by Gasteiger charge is -2.14. The average Bonchev–Trinajstić information content (AvgIpc) is 2.57. The van der Waals surface area contributed by atoms with Crippen LogP contribution in [0, 0.1) is 6.92 Å². The van der Waals surface area contributed by atoms with Crippen LogP contribution in [-0.2, 0) is 17.6 Å². The maximum Gasteiger partial charge on any atom is 0.226 e. The van der Waals surface area contributed by atoms with E-state index in [0.29, 0.717) is 13.0 Å². The quantitative estimate of drug-likeness (QED) is 0.787. The van der Waals surface area contributed by atoms with Gasteiger partial charge < -0.3 is 10.6 Å². The van der Waals surface area contributed by atoms with Crippen molar-refractivity contribution in [2.75, 3.05) is 17.2 Å². The van der Waals surface area contributed by atoms with E-state index in [0.717, 1.165) is 29.8 Å². The molecular weight excluding hydrogens is 284 g/mol. The summed E-state index contributed by atoms with van der Waals surface area (Å²) in [5.41, 5.74) is 5.66. The van der Waals surface area contributed by atoms with Gasteiger partial charge in [-0.05, 0) is 42.5 Å². The molecule has 0 saturated heterocycles. The molecule has 0 spiro atoms. The van der Waals surface area contributed by atoms with Gasteiger partial charge >= 0.3 is 0 Å². The highest BCUT2D eigenvalue weighted by atomic mass is 16.1. The van der Waals surface area contributed by atoms with Crippen molar-refractivity contribution >= 4 is 17.3 Å². The molecule has 2 rings (SSSR count). The van der Waals surface area contributed by atoms with Gasteiger partial charge in [-0.15, -0.1) is 0 Å². The minimum absolute atomic E-state index is 0.0514. The second kappa shape index (κ2) is 8.37. The zero-order valence-corrected chi connectivity index (χ0v) is 14.3. The second-order valence-electron chi connectivity index (χ2n) is 5.70. The van der Waals surface area contributed by atoms with Crippen molar-refractivity contribution in [3.63, 3.8) is 0 Å². The molecular formula is C20H26N2O. The molecule has 0 aromatic heterocycles. The number of anilines is 2. The third kappa shape index (κ3) is 4.59. The van der Waals surface area contributed by atoms with E-state index in [4.69, 9.17) is 0 Å². The third-order valence-electron chi connectivity index (χ3n) is 4.07. The molecule has 0 unspecified atom stereocenters. The zero-order valence-electron chi connectivity index (χ0n) is 14.3. The summed E-state index contributed by atoms with van der Waals surface area (Å²) >= 11 is 0. The highest BCUT2D eigenvalue weighted by Gasteiger charge is 2.08. The van der Waals surface area contributed by atoms with Crippen molar-refractivity contribution in [3.05, 3.63) is 59.2 Å². The number of benzene rings is 2. The molecule has 2 aromatic rings. The number of aryl methyl sites for hydroxylation is 3. The lowest BCUT2D eigenvalue weighted by molar-refractivity contribution is -0.115. The molecule has 2 N–H and O–H groups in total. The van der Waals surface area contributed by atoms with Crippen LogP contribution in [0.25, 0.3) is 0 Å². The van der Waals surface area contributed by atoms with Gasteiger partial charge in [-0.25, -0.2) is 0 Å². The highest BCUT2D eigenvalue weighted by Crippen LogP contribution is 2.21. The molecule has 1 amide bonds. The molecule has 0 saturated carbocycles. The molecule has 0 fully saturated rings. The van der Waals surface area contributed by atoms with Crippen molar-refractivity contribution in [1.82, 2.24) is 0 Å². The molecule has 122 valence electrons. The summed E-state index contributed by atoms with van der Waals surface area (Å²) < 4.78 is 0. The van der Waals surface area contributed by atoms with Crippen molar-refractivity contribution in [2.45, 2.75) is 40.0 Å². The summed E-state index contributed by atoms with van der Waals surface area (Å²) in [5, 5.41) is 6.43. The Hall–Kier alpha value is -2.29. The van der Waals surface area contributed by atoms with Crippen LogP contribution in [0.2, 0.25) is 0 Å². The molecule has 0 heterocycles. The van der Waals surface area contributed by atoms with E-state index >= 15 is 0 Å². The summed E-state index contributed by atoms with van der Waals surface area (Å²) in [6, 6.07) is 14.4. The Bertz CT molecular complexity index is 664. The Morgan fingerprint density at radius 1 is 0.957 bits per heavy atom. The molecule has 0 aliphatic carbocycles. The van der Waals surface area contributed by atoms with Crippen LogP contribution >= 0.6 is 0 Å². The van der Waals surface area contributed by atoms with E-state index in [1.807, 2.05) is 31.2 Å². The summed E-state index contributed by atoms with van der Waals surface area (Å²) in [5.74, 6) is 0.0514. The lowest BCUT2D eigenvalue weighted by Crippen LogP contribution is -2.18. The van der Waals surface area contributed by atoms with E-state index in [2.05, 4.69) is 42.7 Å². The predicted molar refractivity (Wildman–Crippen MR) is 98.1 cm³/mol. The van der Waals surface area contributed by atoms with Gasteiger partial charge in [0.25, 0.3) is 0 Å². The predicted octanol–water partition coefficient (Wildman–Crippen LogP) is 4.56. The number of para-hydroxylation sites is 2. The monoisotopic (exact) mass is 310 g/mol. The van der Waals surface area contributed by atoms with E-state index in [1.165, 1.54) is 11.1 Å². The zero-order chi connectivity index (χ0) is 16.7. The molecule has 3 heteroatoms. The van der Waals surface area contributed by atoms with Crippen LogP contribution in [0.1, 0.15) is 37.0 Å². The van der Waals surface area contributed by atoms with E-state index in [9.17, 15) is 4.79 Å². The standard InChI is InChI=1S/C20H26N2O/c1-4-16-10-6-7-12-18(16)21-14-13-19(23)22-20-15(3)9-8-11-17(20)5-2/h6-12,21H,4-5,13-14H2,1-3H3,(H,22,23). The number of carbonyl (C=O) groups is 1. The van der Waals surface area contributed by atoms with Crippen molar-refractivity contribution in [2.24, 2.45) is 0 Å². The lowest BCUT2D eigenvalue weighted by atomic mass is 10.1. The number of carbonyl (C=O) groups excluding carboxylic acids is 1. The minimum Gasteiger partial charge on any atom is -0.384 e. The Balaban J connectivity index is 1.91. The van der Waals surface area contributed by atoms with Crippen LogP contribution in [0.15, 0.2) is 42.5 Å². The maximum absolute atomic E-state index is 12.2. The first-order valence-electron chi connectivity index (χ1n) is 8.35. The minimum atomic E-state index is 0.0514. The number of hydrogen-bond donors (Lipinski definition) is 2. The van der Waals surface area contributed by atoms with Crippen LogP contribution in [-0.4, -0.2) is 12.5 Å². The highest BCUT2D eigenvalue weighted by molar-refractivity contribution is 5.92. The molecule has 0 bridgehead atoms. The summed E-state index contributed by atoms with van der Waals surface area (Å²) in [6.07, 6.45) is 2.35. The van der Waals surface area contributed by atoms with Crippen LogP contribution in [0.3, 0.4) is 0 Å². The van der Waals surface area contributed by atoms with Gasteiger partial charge in [-0.1, -0.05) is 50.2 Å². The van der Waals surface area contributed by atoms with Crippen LogP contribution in [0.5, 0.6) is 0 Å². The molecule has 0 aliphatic rings. The first-order valence-corrected chi connectivity index (χ1v) is 8.35. The third-order valence-corrected chi connectivity index (χ3v) is 4.07. The second-order valence-corrected chi connectivity index (χ2v) is 5.70. The van der Waals surface area contributed by atoms with Crippen molar-refractivity contribution < 1.29 is 4.79 Å². The summed E-state index contributed by atoms with van der Waals surface area (Å²) in [6.45, 7) is 6.91. The fourth-order valence-corrected chi connectivity index (χ4v) is 2.72. The molecule has 0 aliphatic heterocycles. The smallest absolute Gasteiger partial charge is 0.226 e. The van der Waals surface area contributed by atoms with Gasteiger partial charge in [0.2, 0.25) is 5.91 Å².